The number of aromatic hydroxyl groups is 1. The Morgan fingerprint density at radius 3 is 2.47 bits per heavy atom. The summed E-state index contributed by atoms with van der Waals surface area (Å²) in [5.74, 6) is 0.237. The number of aryl methyl sites for hydroxylation is 2. The zero-order valence-electron chi connectivity index (χ0n) is 8.94. The van der Waals surface area contributed by atoms with Gasteiger partial charge in [0.25, 0.3) is 0 Å². The van der Waals surface area contributed by atoms with Gasteiger partial charge in [0.05, 0.1) is 11.9 Å². The van der Waals surface area contributed by atoms with Gasteiger partial charge in [-0.2, -0.15) is 5.10 Å². The van der Waals surface area contributed by atoms with E-state index in [4.69, 9.17) is 0 Å². The van der Waals surface area contributed by atoms with Gasteiger partial charge in [-0.3, -0.25) is 0 Å². The zero-order chi connectivity index (χ0) is 10.8. The molecule has 0 aliphatic carbocycles. The Morgan fingerprint density at radius 2 is 1.93 bits per heavy atom. The lowest BCUT2D eigenvalue weighted by Crippen LogP contribution is -1.95. The van der Waals surface area contributed by atoms with Gasteiger partial charge in [-0.1, -0.05) is 24.6 Å². The predicted molar refractivity (Wildman–Crippen MR) is 59.3 cm³/mol. The van der Waals surface area contributed by atoms with Crippen LogP contribution >= 0.6 is 0 Å². The normalized spacial score (nSPS) is 10.5. The molecule has 0 aliphatic rings. The van der Waals surface area contributed by atoms with E-state index in [1.807, 2.05) is 38.1 Å². The number of hydrogen-bond donors (Lipinski definition) is 1. The number of benzene rings is 1. The van der Waals surface area contributed by atoms with E-state index in [-0.39, 0.29) is 5.88 Å². The Morgan fingerprint density at radius 1 is 1.27 bits per heavy atom. The van der Waals surface area contributed by atoms with Crippen molar-refractivity contribution in [2.24, 2.45) is 0 Å². The number of hydrogen-bond acceptors (Lipinski definition) is 2. The lowest BCUT2D eigenvalue weighted by molar-refractivity contribution is 0.428. The second kappa shape index (κ2) is 3.77. The Kier molecular flexibility index (Phi) is 2.46. The first-order chi connectivity index (χ1) is 7.22. The monoisotopic (exact) mass is 202 g/mol. The van der Waals surface area contributed by atoms with Gasteiger partial charge in [0, 0.05) is 5.56 Å². The van der Waals surface area contributed by atoms with Crippen LogP contribution in [0.25, 0.3) is 5.69 Å². The average Bonchev–Trinajstić information content (AvgIpc) is 2.61. The fraction of sp³-hybridized carbons (Fsp3) is 0.250. The van der Waals surface area contributed by atoms with Crippen LogP contribution < -0.4 is 0 Å². The maximum Gasteiger partial charge on any atom is 0.217 e. The van der Waals surface area contributed by atoms with Gasteiger partial charge < -0.3 is 5.11 Å². The molecule has 0 spiro atoms. The van der Waals surface area contributed by atoms with Crippen molar-refractivity contribution < 1.29 is 5.11 Å². The summed E-state index contributed by atoms with van der Waals surface area (Å²) in [5, 5.41) is 14.0. The fourth-order valence-electron chi connectivity index (χ4n) is 1.50. The van der Waals surface area contributed by atoms with Gasteiger partial charge in [0.1, 0.15) is 0 Å². The van der Waals surface area contributed by atoms with Crippen LogP contribution in [0.4, 0.5) is 0 Å². The summed E-state index contributed by atoms with van der Waals surface area (Å²) >= 11 is 0. The van der Waals surface area contributed by atoms with Crippen LogP contribution in [0.15, 0.2) is 30.5 Å². The molecule has 2 rings (SSSR count). The highest BCUT2D eigenvalue weighted by molar-refractivity contribution is 5.38. The third kappa shape index (κ3) is 1.73. The summed E-state index contributed by atoms with van der Waals surface area (Å²) in [6, 6.07) is 7.90. The Balaban J connectivity index is 2.45. The zero-order valence-corrected chi connectivity index (χ0v) is 8.94. The minimum absolute atomic E-state index is 0.237. The van der Waals surface area contributed by atoms with Crippen molar-refractivity contribution in [3.63, 3.8) is 0 Å². The molecule has 1 aromatic heterocycles. The van der Waals surface area contributed by atoms with E-state index in [9.17, 15) is 5.11 Å². The van der Waals surface area contributed by atoms with E-state index in [0.717, 1.165) is 17.7 Å². The van der Waals surface area contributed by atoms with Crippen molar-refractivity contribution in [1.29, 1.82) is 0 Å². The van der Waals surface area contributed by atoms with Crippen LogP contribution in [0.5, 0.6) is 5.88 Å². The second-order valence-corrected chi connectivity index (χ2v) is 3.59. The second-order valence-electron chi connectivity index (χ2n) is 3.59. The Bertz CT molecular complexity index is 457. The number of aromatic nitrogens is 2. The van der Waals surface area contributed by atoms with Crippen molar-refractivity contribution in [3.8, 4) is 11.6 Å². The number of rotatable bonds is 2. The van der Waals surface area contributed by atoms with Crippen molar-refractivity contribution in [1.82, 2.24) is 9.78 Å². The molecular formula is C12H14N2O. The summed E-state index contributed by atoms with van der Waals surface area (Å²) < 4.78 is 1.55. The molecule has 0 amide bonds. The summed E-state index contributed by atoms with van der Waals surface area (Å²) in [4.78, 5) is 0. The molecule has 0 atom stereocenters. The molecule has 78 valence electrons. The van der Waals surface area contributed by atoms with Gasteiger partial charge in [0.2, 0.25) is 5.88 Å². The minimum Gasteiger partial charge on any atom is -0.493 e. The van der Waals surface area contributed by atoms with Crippen LogP contribution in [0, 0.1) is 6.92 Å². The predicted octanol–water partition coefficient (Wildman–Crippen LogP) is 2.45. The topological polar surface area (TPSA) is 38.0 Å². The van der Waals surface area contributed by atoms with Gasteiger partial charge >= 0.3 is 0 Å². The molecule has 0 saturated heterocycles. The van der Waals surface area contributed by atoms with Crippen LogP contribution in [0.3, 0.4) is 0 Å². The third-order valence-electron chi connectivity index (χ3n) is 2.48. The molecule has 3 nitrogen and oxygen atoms in total. The lowest BCUT2D eigenvalue weighted by atomic mass is 10.2. The fourth-order valence-corrected chi connectivity index (χ4v) is 1.50. The standard InChI is InChI=1S/C12H14N2O/c1-3-10-8-13-14(12(10)15)11-6-4-9(2)5-7-11/h4-8,15H,3H2,1-2H3. The lowest BCUT2D eigenvalue weighted by Gasteiger charge is -2.03. The summed E-state index contributed by atoms with van der Waals surface area (Å²) in [7, 11) is 0. The van der Waals surface area contributed by atoms with Crippen LogP contribution in [0.1, 0.15) is 18.1 Å². The molecule has 3 heteroatoms. The summed E-state index contributed by atoms with van der Waals surface area (Å²) in [6.45, 7) is 4.03. The molecule has 0 bridgehead atoms. The third-order valence-corrected chi connectivity index (χ3v) is 2.48. The molecule has 2 aromatic rings. The van der Waals surface area contributed by atoms with Crippen LogP contribution in [-0.2, 0) is 6.42 Å². The number of nitrogens with zero attached hydrogens (tertiary/aromatic N) is 2. The molecule has 0 aliphatic heterocycles. The van der Waals surface area contributed by atoms with Gasteiger partial charge in [-0.15, -0.1) is 0 Å². The molecule has 0 fully saturated rings. The molecular weight excluding hydrogens is 188 g/mol. The highest BCUT2D eigenvalue weighted by Crippen LogP contribution is 2.21. The summed E-state index contributed by atoms with van der Waals surface area (Å²) in [5.41, 5.74) is 2.95. The van der Waals surface area contributed by atoms with Gasteiger partial charge in [-0.05, 0) is 25.5 Å². The van der Waals surface area contributed by atoms with Crippen LogP contribution in [-0.4, -0.2) is 14.9 Å². The first kappa shape index (κ1) is 9.77. The van der Waals surface area contributed by atoms with E-state index in [1.54, 1.807) is 10.9 Å². The van der Waals surface area contributed by atoms with Gasteiger partial charge in [-0.25, -0.2) is 4.68 Å². The van der Waals surface area contributed by atoms with Crippen molar-refractivity contribution in [2.75, 3.05) is 0 Å². The average molecular weight is 202 g/mol. The molecule has 1 N–H and O–H groups in total. The van der Waals surface area contributed by atoms with E-state index >= 15 is 0 Å². The quantitative estimate of drug-likeness (QED) is 0.812. The van der Waals surface area contributed by atoms with Crippen molar-refractivity contribution in [2.45, 2.75) is 20.3 Å². The first-order valence-electron chi connectivity index (χ1n) is 5.05. The molecule has 0 radical (unpaired) electrons. The Hall–Kier alpha value is -1.77. The molecule has 15 heavy (non-hydrogen) atoms. The molecule has 0 saturated carbocycles. The smallest absolute Gasteiger partial charge is 0.217 e. The molecule has 1 heterocycles. The molecule has 0 unspecified atom stereocenters. The Labute approximate surface area is 89.0 Å². The largest absolute Gasteiger partial charge is 0.493 e. The summed E-state index contributed by atoms with van der Waals surface area (Å²) in [6.07, 6.45) is 2.49. The molecule has 1 aromatic carbocycles. The van der Waals surface area contributed by atoms with Gasteiger partial charge in [0.15, 0.2) is 0 Å². The van der Waals surface area contributed by atoms with Crippen LogP contribution in [0.2, 0.25) is 0 Å². The van der Waals surface area contributed by atoms with Crippen molar-refractivity contribution in [3.05, 3.63) is 41.6 Å². The highest BCUT2D eigenvalue weighted by atomic mass is 16.3. The first-order valence-corrected chi connectivity index (χ1v) is 5.05. The highest BCUT2D eigenvalue weighted by Gasteiger charge is 2.08. The SMILES string of the molecule is CCc1cnn(-c2ccc(C)cc2)c1O. The van der Waals surface area contributed by atoms with E-state index < -0.39 is 0 Å². The van der Waals surface area contributed by atoms with Crippen molar-refractivity contribution >= 4 is 0 Å². The maximum atomic E-state index is 9.85. The van der Waals surface area contributed by atoms with E-state index in [0.29, 0.717) is 0 Å². The van der Waals surface area contributed by atoms with E-state index in [2.05, 4.69) is 5.10 Å². The van der Waals surface area contributed by atoms with E-state index in [1.165, 1.54) is 5.56 Å². The minimum atomic E-state index is 0.237. The maximum absolute atomic E-state index is 9.85.